The van der Waals surface area contributed by atoms with Gasteiger partial charge in [0.2, 0.25) is 0 Å². The number of hydrogen-bond donors (Lipinski definition) is 0. The summed E-state index contributed by atoms with van der Waals surface area (Å²) in [5, 5.41) is 2.77. The van der Waals surface area contributed by atoms with Crippen LogP contribution in [0.3, 0.4) is 0 Å². The minimum atomic E-state index is -4.86. The van der Waals surface area contributed by atoms with Crippen LogP contribution in [0.25, 0.3) is 12.2 Å². The SMILES string of the molecule is CO/N=C\[C@@H](F)[C@H](OC(=O)/C=C/c1ccccc1)[C@@H](COC(=O)/C=C/c1ccccc1)OS(=O)(=O)c1cc(Cl)c(Cl)cc1Cl. The highest BCUT2D eigenvalue weighted by Gasteiger charge is 2.38. The predicted molar refractivity (Wildman–Crippen MR) is 166 cm³/mol. The molecule has 14 heteroatoms. The van der Waals surface area contributed by atoms with E-state index in [1.165, 1.54) is 12.2 Å². The molecular formula is C30H25Cl3FNO8S. The van der Waals surface area contributed by atoms with Crippen LogP contribution in [0.1, 0.15) is 11.1 Å². The van der Waals surface area contributed by atoms with Crippen LogP contribution < -0.4 is 0 Å². The average Bonchev–Trinajstić information content (AvgIpc) is 3.01. The zero-order chi connectivity index (χ0) is 32.1. The first-order valence-electron chi connectivity index (χ1n) is 12.6. The minimum Gasteiger partial charge on any atom is -0.460 e. The number of nitrogens with zero attached hydrogens (tertiary/aromatic N) is 1. The van der Waals surface area contributed by atoms with Crippen molar-refractivity contribution in [3.63, 3.8) is 0 Å². The summed E-state index contributed by atoms with van der Waals surface area (Å²) in [6, 6.07) is 19.4. The standard InChI is InChI=1S/C30H25Cl3FNO8S/c1-40-35-18-25(34)30(42-29(37)15-13-21-10-6-3-7-11-21)26(19-41-28(36)14-12-20-8-4-2-5-9-20)43-44(38,39)27-17-23(32)22(31)16-24(27)33/h2-18,25-26,30H,19H2,1H3/b14-12+,15-13+,35-18-/t25-,26-,30+/m1/s1. The summed E-state index contributed by atoms with van der Waals surface area (Å²) < 4.78 is 57.9. The van der Waals surface area contributed by atoms with Gasteiger partial charge in [-0.3, -0.25) is 4.18 Å². The molecule has 0 spiro atoms. The Balaban J connectivity index is 1.94. The number of halogens is 4. The van der Waals surface area contributed by atoms with E-state index in [9.17, 15) is 18.0 Å². The molecule has 3 aromatic rings. The van der Waals surface area contributed by atoms with Gasteiger partial charge in [0, 0.05) is 12.2 Å². The Hall–Kier alpha value is -3.74. The lowest BCUT2D eigenvalue weighted by Crippen LogP contribution is -2.45. The molecule has 0 unspecified atom stereocenters. The number of rotatable bonds is 14. The van der Waals surface area contributed by atoms with Crippen molar-refractivity contribution in [3.05, 3.63) is 111 Å². The van der Waals surface area contributed by atoms with Crippen molar-refractivity contribution in [3.8, 4) is 0 Å². The summed E-state index contributed by atoms with van der Waals surface area (Å²) in [6.07, 6.45) is -0.752. The summed E-state index contributed by atoms with van der Waals surface area (Å²) in [4.78, 5) is 29.2. The van der Waals surface area contributed by atoms with Crippen LogP contribution in [-0.4, -0.2) is 58.7 Å². The third-order valence-corrected chi connectivity index (χ3v) is 8.07. The van der Waals surface area contributed by atoms with Crippen molar-refractivity contribution in [1.82, 2.24) is 0 Å². The molecule has 0 aliphatic carbocycles. The first-order chi connectivity index (χ1) is 21.0. The number of carbonyl (C=O) groups excluding carboxylic acids is 2. The van der Waals surface area contributed by atoms with Gasteiger partial charge in [-0.15, -0.1) is 0 Å². The minimum absolute atomic E-state index is 0.0390. The predicted octanol–water partition coefficient (Wildman–Crippen LogP) is 6.57. The Labute approximate surface area is 268 Å². The molecule has 0 radical (unpaired) electrons. The molecule has 3 aromatic carbocycles. The van der Waals surface area contributed by atoms with Crippen LogP contribution in [0.15, 0.2) is 95.0 Å². The van der Waals surface area contributed by atoms with E-state index in [1.54, 1.807) is 60.7 Å². The molecule has 0 bridgehead atoms. The Morgan fingerprint density at radius 3 is 1.98 bits per heavy atom. The number of alkyl halides is 1. The second kappa shape index (κ2) is 16.9. The van der Waals surface area contributed by atoms with Crippen LogP contribution in [0.5, 0.6) is 0 Å². The molecule has 0 fully saturated rings. The number of hydrogen-bond acceptors (Lipinski definition) is 9. The third-order valence-electron chi connectivity index (χ3n) is 5.55. The van der Waals surface area contributed by atoms with Crippen molar-refractivity contribution >= 4 is 75.2 Å². The van der Waals surface area contributed by atoms with E-state index in [0.717, 1.165) is 31.4 Å². The van der Waals surface area contributed by atoms with Crippen molar-refractivity contribution < 1.29 is 40.9 Å². The topological polar surface area (TPSA) is 118 Å². The van der Waals surface area contributed by atoms with Crippen molar-refractivity contribution in [1.29, 1.82) is 0 Å². The Morgan fingerprint density at radius 1 is 0.864 bits per heavy atom. The highest BCUT2D eigenvalue weighted by atomic mass is 35.5. The van der Waals surface area contributed by atoms with E-state index in [1.807, 2.05) is 0 Å². The smallest absolute Gasteiger partial charge is 0.331 e. The molecule has 44 heavy (non-hydrogen) atoms. The highest BCUT2D eigenvalue weighted by molar-refractivity contribution is 7.87. The molecule has 0 heterocycles. The maximum atomic E-state index is 15.5. The molecule has 0 saturated carbocycles. The van der Waals surface area contributed by atoms with Gasteiger partial charge in [-0.05, 0) is 35.4 Å². The van der Waals surface area contributed by atoms with Crippen molar-refractivity contribution in [2.24, 2.45) is 5.16 Å². The van der Waals surface area contributed by atoms with Crippen molar-refractivity contribution in [2.75, 3.05) is 13.7 Å². The third kappa shape index (κ3) is 10.8. The van der Waals surface area contributed by atoms with E-state index in [4.69, 9.17) is 48.5 Å². The number of carbonyl (C=O) groups is 2. The summed E-state index contributed by atoms with van der Waals surface area (Å²) >= 11 is 18.0. The molecule has 232 valence electrons. The molecule has 0 N–H and O–H groups in total. The van der Waals surface area contributed by atoms with Gasteiger partial charge in [0.15, 0.2) is 18.4 Å². The van der Waals surface area contributed by atoms with Crippen LogP contribution in [0.2, 0.25) is 15.1 Å². The first kappa shape index (κ1) is 34.7. The fraction of sp³-hybridized carbons (Fsp3) is 0.167. The maximum absolute atomic E-state index is 15.5. The summed E-state index contributed by atoms with van der Waals surface area (Å²) in [5.41, 5.74) is 1.30. The van der Waals surface area contributed by atoms with E-state index in [2.05, 4.69) is 9.99 Å². The van der Waals surface area contributed by atoms with E-state index in [0.29, 0.717) is 17.3 Å². The van der Waals surface area contributed by atoms with Gasteiger partial charge in [0.1, 0.15) is 18.6 Å². The monoisotopic (exact) mass is 683 g/mol. The Bertz CT molecular complexity index is 1620. The summed E-state index contributed by atoms with van der Waals surface area (Å²) in [5.74, 6) is -2.00. The molecule has 0 aliphatic heterocycles. The molecule has 0 aromatic heterocycles. The van der Waals surface area contributed by atoms with Gasteiger partial charge in [-0.2, -0.15) is 8.42 Å². The molecular weight excluding hydrogens is 660 g/mol. The van der Waals surface area contributed by atoms with Gasteiger partial charge in [-0.1, -0.05) is 101 Å². The Kier molecular flexibility index (Phi) is 13.4. The Morgan fingerprint density at radius 2 is 1.41 bits per heavy atom. The summed E-state index contributed by atoms with van der Waals surface area (Å²) in [6.45, 7) is -0.891. The molecule has 0 amide bonds. The first-order valence-corrected chi connectivity index (χ1v) is 15.2. The van der Waals surface area contributed by atoms with Gasteiger partial charge in [-0.25, -0.2) is 14.0 Å². The van der Waals surface area contributed by atoms with Gasteiger partial charge < -0.3 is 14.3 Å². The number of oxime groups is 1. The highest BCUT2D eigenvalue weighted by Crippen LogP contribution is 2.33. The quantitative estimate of drug-likeness (QED) is 0.0467. The second-order valence-electron chi connectivity index (χ2n) is 8.69. The molecule has 3 rings (SSSR count). The lowest BCUT2D eigenvalue weighted by atomic mass is 10.1. The second-order valence-corrected chi connectivity index (χ2v) is 11.4. The van der Waals surface area contributed by atoms with Crippen LogP contribution in [0.4, 0.5) is 4.39 Å². The lowest BCUT2D eigenvalue weighted by Gasteiger charge is -2.27. The fourth-order valence-corrected chi connectivity index (χ4v) is 5.53. The van der Waals surface area contributed by atoms with Crippen molar-refractivity contribution in [2.45, 2.75) is 23.3 Å². The van der Waals surface area contributed by atoms with Crippen LogP contribution in [0, 0.1) is 0 Å². The van der Waals surface area contributed by atoms with E-state index in [-0.39, 0.29) is 15.1 Å². The largest absolute Gasteiger partial charge is 0.460 e. The number of ether oxygens (including phenoxy) is 2. The average molecular weight is 685 g/mol. The van der Waals surface area contributed by atoms with Crippen LogP contribution in [-0.2, 0) is 38.2 Å². The maximum Gasteiger partial charge on any atom is 0.331 e. The molecule has 0 aliphatic rings. The normalized spacial score (nSPS) is 14.0. The van der Waals surface area contributed by atoms with E-state index >= 15 is 4.39 Å². The molecule has 9 nitrogen and oxygen atoms in total. The number of esters is 2. The molecule has 3 atom stereocenters. The van der Waals surface area contributed by atoms with Gasteiger partial charge in [0.25, 0.3) is 10.1 Å². The number of benzene rings is 3. The summed E-state index contributed by atoms with van der Waals surface area (Å²) in [7, 11) is -3.72. The van der Waals surface area contributed by atoms with Gasteiger partial charge >= 0.3 is 11.9 Å². The fourth-order valence-electron chi connectivity index (χ4n) is 3.48. The molecule has 0 saturated heterocycles. The van der Waals surface area contributed by atoms with Crippen LogP contribution >= 0.6 is 34.8 Å². The zero-order valence-corrected chi connectivity index (χ0v) is 26.0. The zero-order valence-electron chi connectivity index (χ0n) is 22.9. The lowest BCUT2D eigenvalue weighted by molar-refractivity contribution is -0.155. The van der Waals surface area contributed by atoms with E-state index < -0.39 is 51.9 Å². The van der Waals surface area contributed by atoms with Gasteiger partial charge in [0.05, 0.1) is 21.3 Å².